The molecule has 0 aliphatic heterocycles. The highest BCUT2D eigenvalue weighted by molar-refractivity contribution is 6.09. The van der Waals surface area contributed by atoms with Gasteiger partial charge in [-0.1, -0.05) is 26.0 Å². The highest BCUT2D eigenvalue weighted by Gasteiger charge is 2.12. The van der Waals surface area contributed by atoms with Crippen LogP contribution in [0, 0.1) is 6.92 Å². The second-order valence-corrected chi connectivity index (χ2v) is 7.07. The number of rotatable bonds is 7. The Morgan fingerprint density at radius 3 is 2.48 bits per heavy atom. The fourth-order valence-electron chi connectivity index (χ4n) is 3.01. The van der Waals surface area contributed by atoms with Crippen molar-refractivity contribution >= 4 is 23.5 Å². The predicted molar refractivity (Wildman–Crippen MR) is 121 cm³/mol. The number of amides is 2. The first-order valence-electron chi connectivity index (χ1n) is 9.56. The first-order chi connectivity index (χ1) is 13.9. The van der Waals surface area contributed by atoms with Crippen LogP contribution in [0.25, 0.3) is 5.57 Å². The number of allylic oxidation sites excluding steroid dienone is 1. The van der Waals surface area contributed by atoms with E-state index in [0.29, 0.717) is 18.2 Å². The van der Waals surface area contributed by atoms with Crippen molar-refractivity contribution in [3.05, 3.63) is 64.9 Å². The van der Waals surface area contributed by atoms with Gasteiger partial charge in [0, 0.05) is 37.3 Å². The summed E-state index contributed by atoms with van der Waals surface area (Å²) in [5.74, 6) is 1.21. The van der Waals surface area contributed by atoms with Gasteiger partial charge in [0.1, 0.15) is 5.75 Å². The number of aliphatic imine (C=N–C) groups is 1. The Labute approximate surface area is 172 Å². The normalized spacial score (nSPS) is 11.7. The molecule has 0 saturated heterocycles. The summed E-state index contributed by atoms with van der Waals surface area (Å²) in [7, 11) is 3.37. The van der Waals surface area contributed by atoms with E-state index in [0.717, 1.165) is 33.6 Å². The number of nitrogens with one attached hydrogen (secondary N) is 2. The van der Waals surface area contributed by atoms with Crippen LogP contribution in [0.3, 0.4) is 0 Å². The second-order valence-electron chi connectivity index (χ2n) is 7.07. The van der Waals surface area contributed by atoms with E-state index in [4.69, 9.17) is 10.5 Å². The van der Waals surface area contributed by atoms with Crippen molar-refractivity contribution in [3.8, 4) is 5.75 Å². The van der Waals surface area contributed by atoms with Gasteiger partial charge in [-0.15, -0.1) is 0 Å². The van der Waals surface area contributed by atoms with Crippen LogP contribution in [-0.2, 0) is 6.54 Å². The number of nitrogens with zero attached hydrogens (tertiary/aromatic N) is 1. The summed E-state index contributed by atoms with van der Waals surface area (Å²) in [5.41, 5.74) is 11.3. The fraction of sp³-hybridized carbons (Fsp3) is 0.304. The van der Waals surface area contributed by atoms with Crippen LogP contribution < -0.4 is 21.1 Å². The molecule has 29 heavy (non-hydrogen) atoms. The van der Waals surface area contributed by atoms with Gasteiger partial charge in [0.05, 0.1) is 7.11 Å². The Morgan fingerprint density at radius 1 is 1.24 bits per heavy atom. The third-order valence-electron chi connectivity index (χ3n) is 4.67. The van der Waals surface area contributed by atoms with Crippen LogP contribution in [0.4, 0.5) is 10.5 Å². The van der Waals surface area contributed by atoms with Crippen molar-refractivity contribution in [2.24, 2.45) is 10.7 Å². The lowest BCUT2D eigenvalue weighted by molar-refractivity contribution is 0.251. The summed E-state index contributed by atoms with van der Waals surface area (Å²) in [6.07, 6.45) is 3.20. The van der Waals surface area contributed by atoms with Crippen molar-refractivity contribution in [3.63, 3.8) is 0 Å². The molecule has 0 spiro atoms. The average Bonchev–Trinajstić information content (AvgIpc) is 2.71. The molecule has 154 valence electrons. The lowest BCUT2D eigenvalue weighted by Gasteiger charge is -2.16. The molecule has 2 aromatic rings. The molecule has 4 N–H and O–H groups in total. The predicted octanol–water partition coefficient (Wildman–Crippen LogP) is 4.45. The highest BCUT2D eigenvalue weighted by atomic mass is 16.5. The number of ether oxygens (including phenoxy) is 1. The van der Waals surface area contributed by atoms with E-state index < -0.39 is 0 Å². The Hall–Kier alpha value is -3.28. The minimum atomic E-state index is -0.260. The number of urea groups is 1. The van der Waals surface area contributed by atoms with Crippen molar-refractivity contribution < 1.29 is 9.53 Å². The number of anilines is 1. The molecule has 2 rings (SSSR count). The molecular formula is C23H30N4O2. The van der Waals surface area contributed by atoms with Crippen LogP contribution >= 0.6 is 0 Å². The highest BCUT2D eigenvalue weighted by Crippen LogP contribution is 2.29. The van der Waals surface area contributed by atoms with Gasteiger partial charge in [-0.05, 0) is 59.4 Å². The Kier molecular flexibility index (Phi) is 7.83. The number of methoxy groups -OCH3 is 1. The number of aryl methyl sites for hydroxylation is 1. The molecule has 0 aliphatic carbocycles. The van der Waals surface area contributed by atoms with Crippen LogP contribution in [0.5, 0.6) is 5.75 Å². The minimum absolute atomic E-state index is 0.260. The molecule has 0 saturated carbocycles. The van der Waals surface area contributed by atoms with Crippen molar-refractivity contribution in [2.45, 2.75) is 33.2 Å². The summed E-state index contributed by atoms with van der Waals surface area (Å²) in [6, 6.07) is 11.3. The smallest absolute Gasteiger partial charge is 0.319 e. The number of hydrogen-bond acceptors (Lipinski definition) is 4. The van der Waals surface area contributed by atoms with Gasteiger partial charge < -0.3 is 21.1 Å². The van der Waals surface area contributed by atoms with Crippen LogP contribution in [-0.4, -0.2) is 26.4 Å². The zero-order valence-electron chi connectivity index (χ0n) is 17.7. The number of hydrogen-bond donors (Lipinski definition) is 3. The molecule has 6 heteroatoms. The SMILES string of the molecule is CN=C/C(=C\N)c1ccc(NC(=O)NCc2cc(C(C)C)c(OC)cc2C)cc1. The lowest BCUT2D eigenvalue weighted by atomic mass is 9.96. The van der Waals surface area contributed by atoms with Gasteiger partial charge in [0.25, 0.3) is 0 Å². The summed E-state index contributed by atoms with van der Waals surface area (Å²) < 4.78 is 5.48. The standard InChI is InChI=1S/C23H30N4O2/c1-15(2)21-11-18(16(3)10-22(21)29-5)14-26-23(28)27-20-8-6-17(7-9-20)19(12-24)13-25-4/h6-13,15H,14,24H2,1-5H3,(H2,26,27,28)/b19-12+,25-13?. The average molecular weight is 395 g/mol. The summed E-state index contributed by atoms with van der Waals surface area (Å²) in [5, 5.41) is 5.77. The van der Waals surface area contributed by atoms with Gasteiger partial charge in [-0.2, -0.15) is 0 Å². The van der Waals surface area contributed by atoms with Crippen molar-refractivity contribution in [1.82, 2.24) is 5.32 Å². The van der Waals surface area contributed by atoms with E-state index >= 15 is 0 Å². The van der Waals surface area contributed by atoms with E-state index in [9.17, 15) is 4.79 Å². The van der Waals surface area contributed by atoms with Crippen molar-refractivity contribution in [2.75, 3.05) is 19.5 Å². The summed E-state index contributed by atoms with van der Waals surface area (Å²) in [4.78, 5) is 16.3. The maximum Gasteiger partial charge on any atom is 0.319 e. The van der Waals surface area contributed by atoms with Crippen molar-refractivity contribution in [1.29, 1.82) is 0 Å². The zero-order valence-corrected chi connectivity index (χ0v) is 17.7. The Balaban J connectivity index is 2.02. The van der Waals surface area contributed by atoms with E-state index in [1.54, 1.807) is 20.4 Å². The maximum atomic E-state index is 12.3. The summed E-state index contributed by atoms with van der Waals surface area (Å²) >= 11 is 0. The maximum absolute atomic E-state index is 12.3. The fourth-order valence-corrected chi connectivity index (χ4v) is 3.01. The number of carbonyl (C=O) groups is 1. The Bertz CT molecular complexity index is 900. The van der Waals surface area contributed by atoms with Gasteiger partial charge in [-0.3, -0.25) is 4.99 Å². The molecule has 0 bridgehead atoms. The lowest BCUT2D eigenvalue weighted by Crippen LogP contribution is -2.28. The molecule has 0 radical (unpaired) electrons. The van der Waals surface area contributed by atoms with E-state index in [1.165, 1.54) is 6.20 Å². The molecule has 0 aliphatic rings. The monoisotopic (exact) mass is 394 g/mol. The Morgan fingerprint density at radius 2 is 1.93 bits per heavy atom. The molecule has 0 fully saturated rings. The van der Waals surface area contributed by atoms with E-state index in [-0.39, 0.29) is 6.03 Å². The van der Waals surface area contributed by atoms with Crippen LogP contribution in [0.2, 0.25) is 0 Å². The number of carbonyl (C=O) groups excluding carboxylic acids is 1. The number of benzene rings is 2. The molecule has 0 heterocycles. The zero-order chi connectivity index (χ0) is 21.4. The molecule has 2 amide bonds. The number of nitrogens with two attached hydrogens (primary N) is 1. The quantitative estimate of drug-likeness (QED) is 0.606. The van der Waals surface area contributed by atoms with E-state index in [1.807, 2.05) is 37.3 Å². The first kappa shape index (κ1) is 22.0. The van der Waals surface area contributed by atoms with Gasteiger partial charge in [0.2, 0.25) is 0 Å². The van der Waals surface area contributed by atoms with Crippen LogP contribution in [0.1, 0.15) is 42.0 Å². The molecular weight excluding hydrogens is 364 g/mol. The third kappa shape index (κ3) is 5.85. The molecule has 6 nitrogen and oxygen atoms in total. The summed E-state index contributed by atoms with van der Waals surface area (Å²) in [6.45, 7) is 6.70. The van der Waals surface area contributed by atoms with Crippen LogP contribution in [0.15, 0.2) is 47.6 Å². The minimum Gasteiger partial charge on any atom is -0.496 e. The first-order valence-corrected chi connectivity index (χ1v) is 9.56. The largest absolute Gasteiger partial charge is 0.496 e. The second kappa shape index (κ2) is 10.3. The molecule has 0 unspecified atom stereocenters. The molecule has 2 aromatic carbocycles. The molecule has 0 atom stereocenters. The molecule has 0 aromatic heterocycles. The van der Waals surface area contributed by atoms with Gasteiger partial charge in [-0.25, -0.2) is 4.79 Å². The van der Waals surface area contributed by atoms with E-state index in [2.05, 4.69) is 35.5 Å². The van der Waals surface area contributed by atoms with Gasteiger partial charge >= 0.3 is 6.03 Å². The third-order valence-corrected chi connectivity index (χ3v) is 4.67. The topological polar surface area (TPSA) is 88.7 Å². The van der Waals surface area contributed by atoms with Gasteiger partial charge in [0.15, 0.2) is 0 Å².